The van der Waals surface area contributed by atoms with Gasteiger partial charge in [0.25, 0.3) is 5.91 Å². The number of rotatable bonds is 1. The van der Waals surface area contributed by atoms with Crippen LogP contribution in [0.4, 0.5) is 0 Å². The molecule has 0 radical (unpaired) electrons. The van der Waals surface area contributed by atoms with Gasteiger partial charge in [0.2, 0.25) is 0 Å². The summed E-state index contributed by atoms with van der Waals surface area (Å²) in [4.78, 5) is 16.5. The Hall–Kier alpha value is -1.29. The van der Waals surface area contributed by atoms with E-state index < -0.39 is 0 Å². The maximum Gasteiger partial charge on any atom is 0.270 e. The minimum atomic E-state index is 0.103. The van der Waals surface area contributed by atoms with Crippen molar-refractivity contribution >= 4 is 5.91 Å². The minimum Gasteiger partial charge on any atom is -0.357 e. The van der Waals surface area contributed by atoms with Crippen LogP contribution in [0.25, 0.3) is 0 Å². The first-order valence-electron chi connectivity index (χ1n) is 4.51. The van der Waals surface area contributed by atoms with Gasteiger partial charge in [0.05, 0.1) is 0 Å². The maximum atomic E-state index is 11.7. The fourth-order valence-electron chi connectivity index (χ4n) is 1.50. The molecule has 0 unspecified atom stereocenters. The second kappa shape index (κ2) is 3.62. The Kier molecular flexibility index (Phi) is 2.31. The molecule has 4 nitrogen and oxygen atoms in total. The van der Waals surface area contributed by atoms with Crippen molar-refractivity contribution in [3.05, 3.63) is 24.0 Å². The smallest absolute Gasteiger partial charge is 0.270 e. The number of nitrogens with zero attached hydrogens (tertiary/aromatic N) is 1. The standard InChI is InChI=1S/C9H13N3O/c13-9(8-2-1-3-11-8)12-6-4-10-5-7-12/h1-3,10-11H,4-7H2. The zero-order valence-corrected chi connectivity index (χ0v) is 7.42. The van der Waals surface area contributed by atoms with Gasteiger partial charge in [0, 0.05) is 32.4 Å². The molecule has 0 bridgehead atoms. The monoisotopic (exact) mass is 179 g/mol. The second-order valence-electron chi connectivity index (χ2n) is 3.13. The number of aromatic nitrogens is 1. The van der Waals surface area contributed by atoms with Crippen LogP contribution in [0.5, 0.6) is 0 Å². The predicted octanol–water partition coefficient (Wildman–Crippen LogP) is 0.0601. The molecule has 70 valence electrons. The molecule has 2 heterocycles. The zero-order valence-electron chi connectivity index (χ0n) is 7.42. The van der Waals surface area contributed by atoms with Gasteiger partial charge in [-0.25, -0.2) is 0 Å². The largest absolute Gasteiger partial charge is 0.357 e. The number of hydrogen-bond acceptors (Lipinski definition) is 2. The van der Waals surface area contributed by atoms with E-state index in [-0.39, 0.29) is 5.91 Å². The van der Waals surface area contributed by atoms with Crippen molar-refractivity contribution in [3.63, 3.8) is 0 Å². The van der Waals surface area contributed by atoms with Gasteiger partial charge in [0.15, 0.2) is 0 Å². The molecule has 1 aromatic rings. The van der Waals surface area contributed by atoms with Crippen LogP contribution in [-0.2, 0) is 0 Å². The maximum absolute atomic E-state index is 11.7. The molecule has 1 aliphatic heterocycles. The molecule has 1 aliphatic rings. The highest BCUT2D eigenvalue weighted by Crippen LogP contribution is 2.02. The summed E-state index contributed by atoms with van der Waals surface area (Å²) in [5.41, 5.74) is 0.682. The van der Waals surface area contributed by atoms with Gasteiger partial charge in [-0.3, -0.25) is 4.79 Å². The lowest BCUT2D eigenvalue weighted by Crippen LogP contribution is -2.46. The molecule has 2 rings (SSSR count). The molecule has 1 fully saturated rings. The van der Waals surface area contributed by atoms with E-state index in [1.807, 2.05) is 17.0 Å². The molecule has 4 heteroatoms. The van der Waals surface area contributed by atoms with Crippen molar-refractivity contribution in [1.82, 2.24) is 15.2 Å². The van der Waals surface area contributed by atoms with Crippen molar-refractivity contribution in [2.75, 3.05) is 26.2 Å². The van der Waals surface area contributed by atoms with Gasteiger partial charge in [-0.2, -0.15) is 0 Å². The van der Waals surface area contributed by atoms with Crippen LogP contribution in [0, 0.1) is 0 Å². The average Bonchev–Trinajstić information content (AvgIpc) is 2.71. The summed E-state index contributed by atoms with van der Waals surface area (Å²) in [6.07, 6.45) is 1.77. The summed E-state index contributed by atoms with van der Waals surface area (Å²) in [7, 11) is 0. The number of H-pyrrole nitrogens is 1. The molecule has 2 N–H and O–H groups in total. The van der Waals surface area contributed by atoms with E-state index in [1.54, 1.807) is 6.20 Å². The van der Waals surface area contributed by atoms with E-state index in [9.17, 15) is 4.79 Å². The van der Waals surface area contributed by atoms with Crippen LogP contribution in [0.3, 0.4) is 0 Å². The predicted molar refractivity (Wildman–Crippen MR) is 49.6 cm³/mol. The van der Waals surface area contributed by atoms with Crippen molar-refractivity contribution < 1.29 is 4.79 Å². The molecule has 1 saturated heterocycles. The Labute approximate surface area is 76.9 Å². The number of piperazine rings is 1. The Bertz CT molecular complexity index is 275. The molecule has 1 amide bonds. The molecular weight excluding hydrogens is 166 g/mol. The fourth-order valence-corrected chi connectivity index (χ4v) is 1.50. The lowest BCUT2D eigenvalue weighted by molar-refractivity contribution is 0.0730. The van der Waals surface area contributed by atoms with Gasteiger partial charge in [-0.1, -0.05) is 0 Å². The van der Waals surface area contributed by atoms with Crippen LogP contribution < -0.4 is 5.32 Å². The molecule has 0 aromatic carbocycles. The highest BCUT2D eigenvalue weighted by molar-refractivity contribution is 5.92. The second-order valence-corrected chi connectivity index (χ2v) is 3.13. The van der Waals surface area contributed by atoms with Gasteiger partial charge in [-0.05, 0) is 12.1 Å². The number of carbonyl (C=O) groups is 1. The van der Waals surface area contributed by atoms with E-state index in [2.05, 4.69) is 10.3 Å². The SMILES string of the molecule is O=C(c1ccc[nH]1)N1CCNCC1. The number of amides is 1. The fraction of sp³-hybridized carbons (Fsp3) is 0.444. The van der Waals surface area contributed by atoms with Crippen LogP contribution in [0.15, 0.2) is 18.3 Å². The van der Waals surface area contributed by atoms with Crippen molar-refractivity contribution in [2.24, 2.45) is 0 Å². The Morgan fingerprint density at radius 2 is 2.15 bits per heavy atom. The van der Waals surface area contributed by atoms with Crippen molar-refractivity contribution in [2.45, 2.75) is 0 Å². The minimum absolute atomic E-state index is 0.103. The average molecular weight is 179 g/mol. The number of nitrogens with one attached hydrogen (secondary N) is 2. The molecule has 0 aliphatic carbocycles. The lowest BCUT2D eigenvalue weighted by atomic mass is 10.3. The van der Waals surface area contributed by atoms with Crippen molar-refractivity contribution in [1.29, 1.82) is 0 Å². The molecule has 13 heavy (non-hydrogen) atoms. The van der Waals surface area contributed by atoms with Gasteiger partial charge in [0.1, 0.15) is 5.69 Å². The molecular formula is C9H13N3O. The third-order valence-corrected chi connectivity index (χ3v) is 2.23. The van der Waals surface area contributed by atoms with E-state index in [0.717, 1.165) is 26.2 Å². The molecule has 0 saturated carbocycles. The topological polar surface area (TPSA) is 48.1 Å². The van der Waals surface area contributed by atoms with Gasteiger partial charge in [-0.15, -0.1) is 0 Å². The first-order chi connectivity index (χ1) is 6.38. The Balaban J connectivity index is 2.04. The first kappa shape index (κ1) is 8.31. The van der Waals surface area contributed by atoms with Crippen molar-refractivity contribution in [3.8, 4) is 0 Å². The first-order valence-corrected chi connectivity index (χ1v) is 4.51. The van der Waals surface area contributed by atoms with E-state index in [1.165, 1.54) is 0 Å². The third-order valence-electron chi connectivity index (χ3n) is 2.23. The summed E-state index contributed by atoms with van der Waals surface area (Å²) < 4.78 is 0. The normalized spacial score (nSPS) is 17.4. The number of carbonyl (C=O) groups excluding carboxylic acids is 1. The highest BCUT2D eigenvalue weighted by Gasteiger charge is 2.17. The lowest BCUT2D eigenvalue weighted by Gasteiger charge is -2.26. The summed E-state index contributed by atoms with van der Waals surface area (Å²) in [6.45, 7) is 3.40. The highest BCUT2D eigenvalue weighted by atomic mass is 16.2. The van der Waals surface area contributed by atoms with Crippen LogP contribution in [0.2, 0.25) is 0 Å². The van der Waals surface area contributed by atoms with Crippen LogP contribution in [0.1, 0.15) is 10.5 Å². The van der Waals surface area contributed by atoms with E-state index in [4.69, 9.17) is 0 Å². The Morgan fingerprint density at radius 3 is 2.77 bits per heavy atom. The number of hydrogen-bond donors (Lipinski definition) is 2. The zero-order chi connectivity index (χ0) is 9.10. The van der Waals surface area contributed by atoms with Crippen LogP contribution in [-0.4, -0.2) is 42.0 Å². The summed E-state index contributed by atoms with van der Waals surface area (Å²) in [5, 5.41) is 3.21. The van der Waals surface area contributed by atoms with E-state index >= 15 is 0 Å². The van der Waals surface area contributed by atoms with Crippen LogP contribution >= 0.6 is 0 Å². The van der Waals surface area contributed by atoms with Gasteiger partial charge < -0.3 is 15.2 Å². The van der Waals surface area contributed by atoms with E-state index in [0.29, 0.717) is 5.69 Å². The summed E-state index contributed by atoms with van der Waals surface area (Å²) >= 11 is 0. The third kappa shape index (κ3) is 1.72. The quantitative estimate of drug-likeness (QED) is 0.640. The summed E-state index contributed by atoms with van der Waals surface area (Å²) in [5.74, 6) is 0.103. The molecule has 0 spiro atoms. The molecule has 1 aromatic heterocycles. The van der Waals surface area contributed by atoms with Gasteiger partial charge >= 0.3 is 0 Å². The number of aromatic amines is 1. The Morgan fingerprint density at radius 1 is 1.38 bits per heavy atom. The molecule has 0 atom stereocenters. The summed E-state index contributed by atoms with van der Waals surface area (Å²) in [6, 6.07) is 3.65.